The lowest BCUT2D eigenvalue weighted by atomic mass is 10.2. The monoisotopic (exact) mass is 285 g/mol. The minimum absolute atomic E-state index is 0.174. The second kappa shape index (κ2) is 4.90. The predicted octanol–water partition coefficient (Wildman–Crippen LogP) is 2.68. The van der Waals surface area contributed by atoms with Gasteiger partial charge in [0.15, 0.2) is 23.3 Å². The molecule has 1 aliphatic carbocycles. The summed E-state index contributed by atoms with van der Waals surface area (Å²) in [6.45, 7) is 0.443. The SMILES string of the molecule is Fc1cc(F)c(F)c(-n2ccc(CNC3CC3)n2)c1F. The van der Waals surface area contributed by atoms with Gasteiger partial charge in [-0.25, -0.2) is 22.2 Å². The minimum Gasteiger partial charge on any atom is -0.308 e. The predicted molar refractivity (Wildman–Crippen MR) is 63.3 cm³/mol. The summed E-state index contributed by atoms with van der Waals surface area (Å²) in [5, 5.41) is 7.10. The second-order valence-corrected chi connectivity index (χ2v) is 4.72. The van der Waals surface area contributed by atoms with Gasteiger partial charge in [-0.05, 0) is 18.9 Å². The van der Waals surface area contributed by atoms with E-state index in [0.29, 0.717) is 18.3 Å². The van der Waals surface area contributed by atoms with E-state index in [4.69, 9.17) is 0 Å². The van der Waals surface area contributed by atoms with Crippen LogP contribution in [0.4, 0.5) is 17.6 Å². The molecule has 0 bridgehead atoms. The molecule has 1 aliphatic rings. The summed E-state index contributed by atoms with van der Waals surface area (Å²) < 4.78 is 54.3. The highest BCUT2D eigenvalue weighted by molar-refractivity contribution is 5.36. The zero-order valence-electron chi connectivity index (χ0n) is 10.3. The van der Waals surface area contributed by atoms with Crippen LogP contribution >= 0.6 is 0 Å². The first kappa shape index (κ1) is 13.1. The van der Waals surface area contributed by atoms with Gasteiger partial charge in [-0.1, -0.05) is 0 Å². The highest BCUT2D eigenvalue weighted by atomic mass is 19.2. The molecule has 1 saturated carbocycles. The topological polar surface area (TPSA) is 29.9 Å². The number of halogens is 4. The molecule has 3 nitrogen and oxygen atoms in total. The molecule has 3 rings (SSSR count). The summed E-state index contributed by atoms with van der Waals surface area (Å²) in [5.41, 5.74) is -0.305. The van der Waals surface area contributed by atoms with Crippen molar-refractivity contribution in [2.24, 2.45) is 0 Å². The Morgan fingerprint density at radius 2 is 1.80 bits per heavy atom. The van der Waals surface area contributed by atoms with Gasteiger partial charge >= 0.3 is 0 Å². The van der Waals surface area contributed by atoms with Gasteiger partial charge in [0.05, 0.1) is 5.69 Å². The standard InChI is InChI=1S/C13H11F4N3/c14-9-5-10(15)12(17)13(11(9)16)20-4-3-8(19-20)6-18-7-1-2-7/h3-5,7,18H,1-2,6H2. The number of nitrogens with zero attached hydrogens (tertiary/aromatic N) is 2. The van der Waals surface area contributed by atoms with Crippen molar-refractivity contribution in [2.45, 2.75) is 25.4 Å². The summed E-state index contributed by atoms with van der Waals surface area (Å²) in [6.07, 6.45) is 3.46. The third kappa shape index (κ3) is 2.40. The van der Waals surface area contributed by atoms with Crippen LogP contribution in [0.5, 0.6) is 0 Å². The molecule has 0 atom stereocenters. The third-order valence-electron chi connectivity index (χ3n) is 3.11. The molecule has 106 valence electrons. The molecule has 1 N–H and O–H groups in total. The van der Waals surface area contributed by atoms with Gasteiger partial charge in [-0.2, -0.15) is 5.10 Å². The number of nitrogens with one attached hydrogen (secondary N) is 1. The van der Waals surface area contributed by atoms with Gasteiger partial charge in [-0.15, -0.1) is 0 Å². The first-order valence-corrected chi connectivity index (χ1v) is 6.17. The van der Waals surface area contributed by atoms with Crippen LogP contribution in [0.1, 0.15) is 18.5 Å². The Morgan fingerprint density at radius 1 is 1.15 bits per heavy atom. The maximum Gasteiger partial charge on any atom is 0.187 e. The van der Waals surface area contributed by atoms with E-state index in [1.807, 2.05) is 0 Å². The zero-order chi connectivity index (χ0) is 14.3. The van der Waals surface area contributed by atoms with Gasteiger partial charge in [0.2, 0.25) is 0 Å². The van der Waals surface area contributed by atoms with E-state index >= 15 is 0 Å². The Labute approximate surface area is 112 Å². The van der Waals surface area contributed by atoms with Crippen molar-refractivity contribution < 1.29 is 17.6 Å². The number of hydrogen-bond acceptors (Lipinski definition) is 2. The molecule has 7 heteroatoms. The summed E-state index contributed by atoms with van der Waals surface area (Å²) in [7, 11) is 0. The molecule has 0 spiro atoms. The molecule has 0 saturated heterocycles. The second-order valence-electron chi connectivity index (χ2n) is 4.72. The summed E-state index contributed by atoms with van der Waals surface area (Å²) in [6, 6.07) is 2.17. The molecule has 2 aromatic rings. The van der Waals surface area contributed by atoms with E-state index in [1.165, 1.54) is 12.3 Å². The Kier molecular flexibility index (Phi) is 3.21. The molecule has 0 radical (unpaired) electrons. The van der Waals surface area contributed by atoms with Crippen molar-refractivity contribution in [3.05, 3.63) is 47.3 Å². The number of benzene rings is 1. The van der Waals surface area contributed by atoms with Crippen molar-refractivity contribution in [2.75, 3.05) is 0 Å². The first-order valence-electron chi connectivity index (χ1n) is 6.17. The smallest absolute Gasteiger partial charge is 0.187 e. The summed E-state index contributed by atoms with van der Waals surface area (Å²) >= 11 is 0. The van der Waals surface area contributed by atoms with Crippen LogP contribution in [0, 0.1) is 23.3 Å². The van der Waals surface area contributed by atoms with Gasteiger partial charge < -0.3 is 5.32 Å². The summed E-state index contributed by atoms with van der Waals surface area (Å²) in [4.78, 5) is 0. The van der Waals surface area contributed by atoms with Crippen LogP contribution < -0.4 is 5.32 Å². The Morgan fingerprint density at radius 3 is 2.40 bits per heavy atom. The molecule has 0 unspecified atom stereocenters. The van der Waals surface area contributed by atoms with Crippen molar-refractivity contribution in [1.82, 2.24) is 15.1 Å². The fourth-order valence-corrected chi connectivity index (χ4v) is 1.88. The summed E-state index contributed by atoms with van der Waals surface area (Å²) in [5.74, 6) is -5.83. The molecule has 0 amide bonds. The largest absolute Gasteiger partial charge is 0.308 e. The normalized spacial score (nSPS) is 14.8. The van der Waals surface area contributed by atoms with E-state index in [0.717, 1.165) is 17.5 Å². The first-order chi connectivity index (χ1) is 9.56. The average Bonchev–Trinajstić information content (AvgIpc) is 3.13. The number of rotatable bonds is 4. The van der Waals surface area contributed by atoms with Crippen LogP contribution in [0.2, 0.25) is 0 Å². The minimum atomic E-state index is -1.46. The van der Waals surface area contributed by atoms with E-state index in [1.54, 1.807) is 0 Å². The van der Waals surface area contributed by atoms with Gasteiger partial charge in [0.25, 0.3) is 0 Å². The molecule has 1 fully saturated rings. The van der Waals surface area contributed by atoms with Crippen LogP contribution in [0.15, 0.2) is 18.3 Å². The molecule has 1 heterocycles. The highest BCUT2D eigenvalue weighted by Crippen LogP contribution is 2.23. The van der Waals surface area contributed by atoms with E-state index < -0.39 is 29.0 Å². The average molecular weight is 285 g/mol. The fraction of sp³-hybridized carbons (Fsp3) is 0.308. The van der Waals surface area contributed by atoms with Crippen LogP contribution in [-0.4, -0.2) is 15.8 Å². The third-order valence-corrected chi connectivity index (χ3v) is 3.11. The van der Waals surface area contributed by atoms with E-state index in [-0.39, 0.29) is 6.07 Å². The molecular weight excluding hydrogens is 274 g/mol. The molecular formula is C13H11F4N3. The molecule has 20 heavy (non-hydrogen) atoms. The lowest BCUT2D eigenvalue weighted by Crippen LogP contribution is -2.16. The maximum absolute atomic E-state index is 13.6. The van der Waals surface area contributed by atoms with Gasteiger partial charge in [0.1, 0.15) is 5.69 Å². The van der Waals surface area contributed by atoms with Crippen molar-refractivity contribution in [1.29, 1.82) is 0 Å². The number of aromatic nitrogens is 2. The lowest BCUT2D eigenvalue weighted by Gasteiger charge is -2.06. The van der Waals surface area contributed by atoms with Crippen LogP contribution in [0.25, 0.3) is 5.69 Å². The Balaban J connectivity index is 1.92. The zero-order valence-corrected chi connectivity index (χ0v) is 10.3. The highest BCUT2D eigenvalue weighted by Gasteiger charge is 2.22. The van der Waals surface area contributed by atoms with Crippen molar-refractivity contribution in [3.8, 4) is 5.69 Å². The molecule has 1 aromatic carbocycles. The van der Waals surface area contributed by atoms with Crippen molar-refractivity contribution >= 4 is 0 Å². The van der Waals surface area contributed by atoms with Crippen LogP contribution in [-0.2, 0) is 6.54 Å². The van der Waals surface area contributed by atoms with Crippen molar-refractivity contribution in [3.63, 3.8) is 0 Å². The lowest BCUT2D eigenvalue weighted by molar-refractivity contribution is 0.444. The Hall–Kier alpha value is -1.89. The fourth-order valence-electron chi connectivity index (χ4n) is 1.88. The quantitative estimate of drug-likeness (QED) is 0.691. The molecule has 1 aromatic heterocycles. The van der Waals surface area contributed by atoms with Crippen LogP contribution in [0.3, 0.4) is 0 Å². The number of hydrogen-bond donors (Lipinski definition) is 1. The molecule has 0 aliphatic heterocycles. The maximum atomic E-state index is 13.6. The van der Waals surface area contributed by atoms with Gasteiger partial charge in [-0.3, -0.25) is 0 Å². The van der Waals surface area contributed by atoms with E-state index in [2.05, 4.69) is 10.4 Å². The Bertz CT molecular complexity index is 623. The van der Waals surface area contributed by atoms with Gasteiger partial charge in [0, 0.05) is 24.8 Å². The van der Waals surface area contributed by atoms with E-state index in [9.17, 15) is 17.6 Å².